The summed E-state index contributed by atoms with van der Waals surface area (Å²) in [6.45, 7) is 3.50. The number of nitrogens with zero attached hydrogens (tertiary/aromatic N) is 1. The van der Waals surface area contributed by atoms with E-state index in [1.807, 2.05) is 0 Å². The van der Waals surface area contributed by atoms with Gasteiger partial charge >= 0.3 is 12.0 Å². The molecule has 0 spiro atoms. The molecule has 9 nitrogen and oxygen atoms in total. The summed E-state index contributed by atoms with van der Waals surface area (Å²) in [6.07, 6.45) is 3.51. The number of nitrogens with one attached hydrogen (secondary N) is 1. The van der Waals surface area contributed by atoms with Gasteiger partial charge in [-0.25, -0.2) is 9.59 Å². The number of carbonyl (C=O) groups excluding carboxylic acids is 3. The minimum atomic E-state index is -0.657. The third-order valence-electron chi connectivity index (χ3n) is 4.40. The van der Waals surface area contributed by atoms with E-state index >= 15 is 0 Å². The molecular formula is C21H20N2O7. The molecule has 3 amide bonds. The van der Waals surface area contributed by atoms with Crippen LogP contribution >= 0.6 is 0 Å². The number of aromatic hydroxyl groups is 1. The third kappa shape index (κ3) is 4.04. The van der Waals surface area contributed by atoms with Crippen molar-refractivity contribution in [1.29, 1.82) is 0 Å². The maximum absolute atomic E-state index is 12.7. The molecule has 1 aromatic carbocycles. The highest BCUT2D eigenvalue weighted by Crippen LogP contribution is 2.33. The zero-order chi connectivity index (χ0) is 21.8. The molecule has 0 bridgehead atoms. The number of imide groups is 1. The number of hydrogen-bond acceptors (Lipinski definition) is 7. The molecule has 156 valence electrons. The number of phenolic OH excluding ortho intramolecular Hbond substituents is 1. The smallest absolute Gasteiger partial charge is 0.373 e. The first-order valence-corrected chi connectivity index (χ1v) is 8.90. The van der Waals surface area contributed by atoms with Gasteiger partial charge in [-0.3, -0.25) is 9.69 Å². The molecule has 0 saturated carbocycles. The Bertz CT molecular complexity index is 1050. The van der Waals surface area contributed by atoms with Gasteiger partial charge in [0.05, 0.1) is 20.8 Å². The van der Waals surface area contributed by atoms with Gasteiger partial charge in [-0.1, -0.05) is 6.08 Å². The largest absolute Gasteiger partial charge is 0.504 e. The van der Waals surface area contributed by atoms with Crippen LogP contribution in [0.4, 0.5) is 4.79 Å². The number of allylic oxidation sites excluding steroid dienone is 1. The number of esters is 1. The molecule has 3 rings (SSSR count). The Labute approximate surface area is 172 Å². The number of urea groups is 1. The van der Waals surface area contributed by atoms with Gasteiger partial charge in [0.15, 0.2) is 11.5 Å². The van der Waals surface area contributed by atoms with E-state index in [4.69, 9.17) is 9.15 Å². The molecular weight excluding hydrogens is 392 g/mol. The minimum Gasteiger partial charge on any atom is -0.504 e. The zero-order valence-electron chi connectivity index (χ0n) is 16.4. The van der Waals surface area contributed by atoms with Crippen molar-refractivity contribution in [2.45, 2.75) is 13.0 Å². The molecule has 1 fully saturated rings. The summed E-state index contributed by atoms with van der Waals surface area (Å²) in [6, 6.07) is 5.48. The average molecular weight is 412 g/mol. The average Bonchev–Trinajstić information content (AvgIpc) is 3.30. The maximum atomic E-state index is 12.7. The van der Waals surface area contributed by atoms with Crippen molar-refractivity contribution in [1.82, 2.24) is 10.2 Å². The fraction of sp³-hybridized carbons (Fsp3) is 0.190. The van der Waals surface area contributed by atoms with E-state index in [0.29, 0.717) is 17.5 Å². The summed E-state index contributed by atoms with van der Waals surface area (Å²) in [5.74, 6) is -0.770. The Hall–Kier alpha value is -4.01. The number of hydrogen-bond donors (Lipinski definition) is 2. The lowest BCUT2D eigenvalue weighted by molar-refractivity contribution is -0.123. The van der Waals surface area contributed by atoms with Crippen molar-refractivity contribution in [3.63, 3.8) is 0 Å². The SMILES string of the molecule is C=CCc1cc(C=C2NC(=O)N(Cc3ccc(C(=O)OC)o3)C2=O)cc(OC)c1O. The third-order valence-corrected chi connectivity index (χ3v) is 4.40. The Morgan fingerprint density at radius 1 is 1.30 bits per heavy atom. The number of phenols is 1. The molecule has 1 saturated heterocycles. The number of carbonyl (C=O) groups is 3. The fourth-order valence-electron chi connectivity index (χ4n) is 2.95. The summed E-state index contributed by atoms with van der Waals surface area (Å²) in [7, 11) is 2.64. The predicted octanol–water partition coefficient (Wildman–Crippen LogP) is 2.60. The maximum Gasteiger partial charge on any atom is 0.373 e. The lowest BCUT2D eigenvalue weighted by Gasteiger charge is -2.10. The van der Waals surface area contributed by atoms with E-state index in [1.54, 1.807) is 18.2 Å². The molecule has 0 atom stereocenters. The summed E-state index contributed by atoms with van der Waals surface area (Å²) >= 11 is 0. The van der Waals surface area contributed by atoms with Crippen molar-refractivity contribution in [3.8, 4) is 11.5 Å². The molecule has 0 radical (unpaired) electrons. The van der Waals surface area contributed by atoms with E-state index in [9.17, 15) is 19.5 Å². The lowest BCUT2D eigenvalue weighted by atomic mass is 10.0. The van der Waals surface area contributed by atoms with E-state index in [-0.39, 0.29) is 35.3 Å². The second kappa shape index (κ2) is 8.56. The highest BCUT2D eigenvalue weighted by atomic mass is 16.5. The Kier molecular flexibility index (Phi) is 5.91. The van der Waals surface area contributed by atoms with Crippen LogP contribution in [-0.4, -0.2) is 42.1 Å². The van der Waals surface area contributed by atoms with Crippen LogP contribution in [-0.2, 0) is 22.5 Å². The van der Waals surface area contributed by atoms with E-state index in [2.05, 4.69) is 16.6 Å². The van der Waals surface area contributed by atoms with Crippen molar-refractivity contribution < 1.29 is 33.4 Å². The van der Waals surface area contributed by atoms with Crippen molar-refractivity contribution in [2.75, 3.05) is 14.2 Å². The number of benzene rings is 1. The van der Waals surface area contributed by atoms with Crippen LogP contribution in [0.5, 0.6) is 11.5 Å². The number of ether oxygens (including phenoxy) is 2. The van der Waals surface area contributed by atoms with Crippen LogP contribution in [0.25, 0.3) is 6.08 Å². The molecule has 9 heteroatoms. The molecule has 0 unspecified atom stereocenters. The molecule has 1 aromatic heterocycles. The number of methoxy groups -OCH3 is 2. The van der Waals surface area contributed by atoms with E-state index in [1.165, 1.54) is 32.4 Å². The van der Waals surface area contributed by atoms with Gasteiger partial charge < -0.3 is 24.3 Å². The van der Waals surface area contributed by atoms with Crippen LogP contribution < -0.4 is 10.1 Å². The number of rotatable bonds is 7. The van der Waals surface area contributed by atoms with Crippen LogP contribution in [0.3, 0.4) is 0 Å². The second-order valence-corrected chi connectivity index (χ2v) is 6.36. The fourth-order valence-corrected chi connectivity index (χ4v) is 2.95. The van der Waals surface area contributed by atoms with E-state index in [0.717, 1.165) is 4.90 Å². The normalized spacial score (nSPS) is 14.7. The summed E-state index contributed by atoms with van der Waals surface area (Å²) in [4.78, 5) is 37.4. The van der Waals surface area contributed by atoms with E-state index < -0.39 is 17.9 Å². The summed E-state index contributed by atoms with van der Waals surface area (Å²) in [5.41, 5.74) is 1.17. The molecule has 1 aliphatic heterocycles. The van der Waals surface area contributed by atoms with Crippen LogP contribution in [0, 0.1) is 0 Å². The number of amides is 3. The van der Waals surface area contributed by atoms with Crippen LogP contribution in [0.15, 0.2) is 47.0 Å². The minimum absolute atomic E-state index is 0.0119. The monoisotopic (exact) mass is 412 g/mol. The van der Waals surface area contributed by atoms with Crippen LogP contribution in [0.2, 0.25) is 0 Å². The van der Waals surface area contributed by atoms with Crippen molar-refractivity contribution in [3.05, 3.63) is 65.3 Å². The first-order valence-electron chi connectivity index (χ1n) is 8.90. The van der Waals surface area contributed by atoms with Gasteiger partial charge in [0, 0.05) is 5.56 Å². The second-order valence-electron chi connectivity index (χ2n) is 6.36. The first-order chi connectivity index (χ1) is 14.4. The van der Waals surface area contributed by atoms with Gasteiger partial charge in [0.1, 0.15) is 11.5 Å². The molecule has 2 N–H and O–H groups in total. The topological polar surface area (TPSA) is 118 Å². The molecule has 1 aliphatic rings. The highest BCUT2D eigenvalue weighted by Gasteiger charge is 2.34. The van der Waals surface area contributed by atoms with Gasteiger partial charge in [0.25, 0.3) is 5.91 Å². The lowest BCUT2D eigenvalue weighted by Crippen LogP contribution is -2.30. The predicted molar refractivity (Wildman–Crippen MR) is 106 cm³/mol. The quantitative estimate of drug-likeness (QED) is 0.311. The van der Waals surface area contributed by atoms with Gasteiger partial charge in [-0.15, -0.1) is 6.58 Å². The zero-order valence-corrected chi connectivity index (χ0v) is 16.4. The Morgan fingerprint density at radius 2 is 2.07 bits per heavy atom. The van der Waals surface area contributed by atoms with Gasteiger partial charge in [0.2, 0.25) is 5.76 Å². The standard InChI is InChI=1S/C21H20N2O7/c1-4-5-13-8-12(10-17(28-2)18(13)24)9-15-19(25)23(21(27)22-15)11-14-6-7-16(30-14)20(26)29-3/h4,6-10,24H,1,5,11H2,2-3H3,(H,22,27). The summed E-state index contributed by atoms with van der Waals surface area (Å²) in [5, 5.41) is 12.7. The highest BCUT2D eigenvalue weighted by molar-refractivity contribution is 6.13. The van der Waals surface area contributed by atoms with Gasteiger partial charge in [-0.2, -0.15) is 0 Å². The molecule has 0 aliphatic carbocycles. The number of furan rings is 1. The van der Waals surface area contributed by atoms with Crippen LogP contribution in [0.1, 0.15) is 27.4 Å². The molecule has 30 heavy (non-hydrogen) atoms. The first kappa shape index (κ1) is 20.7. The Morgan fingerprint density at radius 3 is 2.73 bits per heavy atom. The van der Waals surface area contributed by atoms with Crippen molar-refractivity contribution in [2.24, 2.45) is 0 Å². The molecule has 2 aromatic rings. The van der Waals surface area contributed by atoms with Gasteiger partial charge in [-0.05, 0) is 42.3 Å². The van der Waals surface area contributed by atoms with Crippen molar-refractivity contribution >= 4 is 24.0 Å². The Balaban J connectivity index is 1.84. The molecule has 2 heterocycles. The summed E-state index contributed by atoms with van der Waals surface area (Å²) < 4.78 is 15.0.